The Hall–Kier alpha value is -0.610. The van der Waals surface area contributed by atoms with Crippen LogP contribution in [0, 0.1) is 5.92 Å². The largest absolute Gasteiger partial charge is 0.480 e. The lowest BCUT2D eigenvalue weighted by molar-refractivity contribution is -0.140. The second kappa shape index (κ2) is 9.42. The maximum absolute atomic E-state index is 11.1. The van der Waals surface area contributed by atoms with Crippen LogP contribution in [0.25, 0.3) is 0 Å². The predicted molar refractivity (Wildman–Crippen MR) is 69.2 cm³/mol. The lowest BCUT2D eigenvalue weighted by Gasteiger charge is -2.24. The molecule has 0 saturated carbocycles. The molecule has 0 heterocycles. The maximum Gasteiger partial charge on any atom is 0.320 e. The number of hydrogen-bond donors (Lipinski definition) is 2. The first-order chi connectivity index (χ1) is 8.01. The quantitative estimate of drug-likeness (QED) is 0.620. The minimum atomic E-state index is -0.761. The van der Waals surface area contributed by atoms with Gasteiger partial charge >= 0.3 is 5.97 Å². The highest BCUT2D eigenvalue weighted by atomic mass is 16.5. The fourth-order valence-electron chi connectivity index (χ4n) is 1.93. The van der Waals surface area contributed by atoms with E-state index in [1.54, 1.807) is 7.11 Å². The van der Waals surface area contributed by atoms with Gasteiger partial charge in [-0.2, -0.15) is 0 Å². The molecule has 0 aromatic rings. The highest BCUT2D eigenvalue weighted by Crippen LogP contribution is 2.09. The Balaban J connectivity index is 4.28. The normalized spacial score (nSPS) is 14.9. The molecule has 0 spiro atoms. The Morgan fingerprint density at radius 2 is 2.06 bits per heavy atom. The zero-order chi connectivity index (χ0) is 13.3. The van der Waals surface area contributed by atoms with Gasteiger partial charge in [0.15, 0.2) is 0 Å². The average molecular weight is 245 g/mol. The molecular formula is C13H27NO3. The van der Waals surface area contributed by atoms with Crippen LogP contribution in [-0.4, -0.2) is 36.9 Å². The topological polar surface area (TPSA) is 58.6 Å². The van der Waals surface area contributed by atoms with Crippen LogP contribution in [0.5, 0.6) is 0 Å². The second-order valence-corrected chi connectivity index (χ2v) is 4.98. The molecule has 0 aliphatic rings. The minimum Gasteiger partial charge on any atom is -0.480 e. The van der Waals surface area contributed by atoms with E-state index in [0.717, 1.165) is 19.3 Å². The molecule has 1 unspecified atom stereocenters. The second-order valence-electron chi connectivity index (χ2n) is 4.98. The standard InChI is InChI=1S/C13H27NO3/c1-5-6-7-12(13(15)16)14-11(9-17-4)8-10(2)3/h10-12,14H,5-9H2,1-4H3,(H,15,16)/t11?,12-/m0/s1. The molecule has 4 nitrogen and oxygen atoms in total. The number of carboxylic acid groups (broad SMARTS) is 1. The summed E-state index contributed by atoms with van der Waals surface area (Å²) in [4.78, 5) is 11.1. The van der Waals surface area contributed by atoms with Crippen LogP contribution in [0.15, 0.2) is 0 Å². The number of carboxylic acids is 1. The summed E-state index contributed by atoms with van der Waals surface area (Å²) in [5.74, 6) is -0.230. The summed E-state index contributed by atoms with van der Waals surface area (Å²) in [5, 5.41) is 12.3. The third kappa shape index (κ3) is 8.16. The zero-order valence-corrected chi connectivity index (χ0v) is 11.5. The van der Waals surface area contributed by atoms with E-state index in [4.69, 9.17) is 9.84 Å². The van der Waals surface area contributed by atoms with E-state index in [0.29, 0.717) is 18.9 Å². The van der Waals surface area contributed by atoms with Crippen molar-refractivity contribution in [2.45, 2.75) is 58.5 Å². The van der Waals surface area contributed by atoms with Crippen molar-refractivity contribution in [3.8, 4) is 0 Å². The Bertz CT molecular complexity index is 207. The molecule has 0 aliphatic heterocycles. The van der Waals surface area contributed by atoms with Gasteiger partial charge in [-0.3, -0.25) is 10.1 Å². The van der Waals surface area contributed by atoms with Crippen molar-refractivity contribution in [2.75, 3.05) is 13.7 Å². The number of rotatable bonds is 10. The molecule has 0 rings (SSSR count). The zero-order valence-electron chi connectivity index (χ0n) is 11.5. The number of ether oxygens (including phenoxy) is 1. The molecule has 102 valence electrons. The Morgan fingerprint density at radius 3 is 2.47 bits per heavy atom. The summed E-state index contributed by atoms with van der Waals surface area (Å²) in [7, 11) is 1.65. The summed E-state index contributed by atoms with van der Waals surface area (Å²) in [6, 6.07) is -0.327. The molecule has 0 bridgehead atoms. The fraction of sp³-hybridized carbons (Fsp3) is 0.923. The molecule has 0 saturated heterocycles. The first-order valence-corrected chi connectivity index (χ1v) is 6.49. The van der Waals surface area contributed by atoms with Crippen molar-refractivity contribution in [1.29, 1.82) is 0 Å². The third-order valence-electron chi connectivity index (χ3n) is 2.71. The molecule has 0 fully saturated rings. The molecule has 0 amide bonds. The van der Waals surface area contributed by atoms with Gasteiger partial charge in [0.05, 0.1) is 6.61 Å². The molecule has 0 aromatic carbocycles. The van der Waals surface area contributed by atoms with E-state index in [9.17, 15) is 4.79 Å². The van der Waals surface area contributed by atoms with Gasteiger partial charge in [-0.25, -0.2) is 0 Å². The van der Waals surface area contributed by atoms with Gasteiger partial charge in [-0.15, -0.1) is 0 Å². The van der Waals surface area contributed by atoms with E-state index in [-0.39, 0.29) is 6.04 Å². The summed E-state index contributed by atoms with van der Waals surface area (Å²) in [6.45, 7) is 6.89. The van der Waals surface area contributed by atoms with Crippen LogP contribution < -0.4 is 5.32 Å². The number of carbonyl (C=O) groups is 1. The Labute approximate surface area is 105 Å². The molecule has 17 heavy (non-hydrogen) atoms. The number of hydrogen-bond acceptors (Lipinski definition) is 3. The van der Waals surface area contributed by atoms with Crippen molar-refractivity contribution in [3.63, 3.8) is 0 Å². The SMILES string of the molecule is CCCC[C@H](NC(COC)CC(C)C)C(=O)O. The van der Waals surface area contributed by atoms with E-state index in [1.807, 2.05) is 0 Å². The van der Waals surface area contributed by atoms with Crippen molar-refractivity contribution in [1.82, 2.24) is 5.32 Å². The van der Waals surface area contributed by atoms with E-state index in [2.05, 4.69) is 26.1 Å². The van der Waals surface area contributed by atoms with Crippen molar-refractivity contribution >= 4 is 5.97 Å². The van der Waals surface area contributed by atoms with Gasteiger partial charge in [0.2, 0.25) is 0 Å². The highest BCUT2D eigenvalue weighted by molar-refractivity contribution is 5.73. The van der Waals surface area contributed by atoms with Gasteiger partial charge in [0.1, 0.15) is 6.04 Å². The molecule has 0 aliphatic carbocycles. The van der Waals surface area contributed by atoms with Crippen molar-refractivity contribution in [3.05, 3.63) is 0 Å². The maximum atomic E-state index is 11.1. The van der Waals surface area contributed by atoms with Gasteiger partial charge in [-0.1, -0.05) is 33.6 Å². The monoisotopic (exact) mass is 245 g/mol. The van der Waals surface area contributed by atoms with Crippen LogP contribution in [0.2, 0.25) is 0 Å². The number of aliphatic carboxylic acids is 1. The Morgan fingerprint density at radius 1 is 1.41 bits per heavy atom. The lowest BCUT2D eigenvalue weighted by atomic mass is 10.0. The van der Waals surface area contributed by atoms with Crippen LogP contribution in [0.4, 0.5) is 0 Å². The molecule has 0 radical (unpaired) electrons. The van der Waals surface area contributed by atoms with Crippen molar-refractivity contribution in [2.24, 2.45) is 5.92 Å². The van der Waals surface area contributed by atoms with Gasteiger partial charge in [0.25, 0.3) is 0 Å². The average Bonchev–Trinajstić information content (AvgIpc) is 2.23. The smallest absolute Gasteiger partial charge is 0.320 e. The summed E-state index contributed by atoms with van der Waals surface area (Å²) < 4.78 is 5.13. The first kappa shape index (κ1) is 16.4. The number of nitrogens with one attached hydrogen (secondary N) is 1. The predicted octanol–water partition coefficient (Wildman–Crippen LogP) is 2.28. The van der Waals surface area contributed by atoms with E-state index < -0.39 is 12.0 Å². The van der Waals surface area contributed by atoms with Crippen molar-refractivity contribution < 1.29 is 14.6 Å². The Kier molecular flexibility index (Phi) is 9.09. The summed E-state index contributed by atoms with van der Waals surface area (Å²) in [6.07, 6.45) is 3.57. The van der Waals surface area contributed by atoms with Crippen LogP contribution in [-0.2, 0) is 9.53 Å². The van der Waals surface area contributed by atoms with E-state index >= 15 is 0 Å². The molecule has 2 N–H and O–H groups in total. The number of unbranched alkanes of at least 4 members (excludes halogenated alkanes) is 1. The van der Waals surface area contributed by atoms with Gasteiger partial charge < -0.3 is 9.84 Å². The lowest BCUT2D eigenvalue weighted by Crippen LogP contribution is -2.45. The minimum absolute atomic E-state index is 0.123. The van der Waals surface area contributed by atoms with E-state index in [1.165, 1.54) is 0 Å². The fourth-order valence-corrected chi connectivity index (χ4v) is 1.93. The highest BCUT2D eigenvalue weighted by Gasteiger charge is 2.21. The van der Waals surface area contributed by atoms with Crippen LogP contribution in [0.1, 0.15) is 46.5 Å². The third-order valence-corrected chi connectivity index (χ3v) is 2.71. The summed E-state index contributed by atoms with van der Waals surface area (Å²) in [5.41, 5.74) is 0. The van der Waals surface area contributed by atoms with Crippen LogP contribution in [0.3, 0.4) is 0 Å². The number of methoxy groups -OCH3 is 1. The molecule has 0 aromatic heterocycles. The molecular weight excluding hydrogens is 218 g/mol. The first-order valence-electron chi connectivity index (χ1n) is 6.49. The van der Waals surface area contributed by atoms with Gasteiger partial charge in [-0.05, 0) is 18.8 Å². The molecule has 4 heteroatoms. The summed E-state index contributed by atoms with van der Waals surface area (Å²) >= 11 is 0. The van der Waals surface area contributed by atoms with Crippen LogP contribution >= 0.6 is 0 Å². The molecule has 2 atom stereocenters. The van der Waals surface area contributed by atoms with Gasteiger partial charge in [0, 0.05) is 13.2 Å².